The van der Waals surface area contributed by atoms with Crippen molar-refractivity contribution in [1.29, 1.82) is 0 Å². The van der Waals surface area contributed by atoms with Crippen molar-refractivity contribution in [1.82, 2.24) is 24.9 Å². The van der Waals surface area contributed by atoms with Crippen molar-refractivity contribution in [2.24, 2.45) is 0 Å². The lowest BCUT2D eigenvalue weighted by Gasteiger charge is -2.12. The molecule has 0 N–H and O–H groups in total. The number of para-hydroxylation sites is 2. The number of thioether (sulfide) groups is 1. The minimum absolute atomic E-state index is 0.386. The third kappa shape index (κ3) is 4.02. The van der Waals surface area contributed by atoms with Gasteiger partial charge in [-0.15, -0.1) is 21.5 Å². The van der Waals surface area contributed by atoms with E-state index in [1.54, 1.807) is 24.5 Å². The lowest BCUT2D eigenvalue weighted by molar-refractivity contribution is 0.412. The molecule has 0 spiro atoms. The lowest BCUT2D eigenvalue weighted by Crippen LogP contribution is -2.02. The van der Waals surface area contributed by atoms with Crippen LogP contribution >= 0.6 is 34.7 Å². The third-order valence-corrected chi connectivity index (χ3v) is 6.72. The van der Waals surface area contributed by atoms with Gasteiger partial charge in [0, 0.05) is 0 Å². The first-order chi connectivity index (χ1) is 15.7. The van der Waals surface area contributed by atoms with E-state index < -0.39 is 0 Å². The van der Waals surface area contributed by atoms with Gasteiger partial charge in [-0.05, 0) is 35.7 Å². The number of thiophene rings is 1. The fourth-order valence-electron chi connectivity index (χ4n) is 3.15. The van der Waals surface area contributed by atoms with Crippen LogP contribution in [0.1, 0.15) is 5.82 Å². The van der Waals surface area contributed by atoms with Crippen molar-refractivity contribution >= 4 is 34.7 Å². The van der Waals surface area contributed by atoms with E-state index in [-0.39, 0.29) is 0 Å². The minimum atomic E-state index is 0.386. The van der Waals surface area contributed by atoms with Crippen LogP contribution in [0.5, 0.6) is 5.75 Å². The van der Waals surface area contributed by atoms with Gasteiger partial charge >= 0.3 is 0 Å². The highest BCUT2D eigenvalue weighted by atomic mass is 35.5. The van der Waals surface area contributed by atoms with Crippen LogP contribution in [0, 0.1) is 0 Å². The van der Waals surface area contributed by atoms with E-state index in [9.17, 15) is 0 Å². The van der Waals surface area contributed by atoms with Crippen LogP contribution in [0.25, 0.3) is 27.8 Å². The molecule has 0 saturated carbocycles. The second kappa shape index (κ2) is 9.15. The van der Waals surface area contributed by atoms with Gasteiger partial charge in [0.05, 0.1) is 34.0 Å². The fraction of sp³-hybridized carbons (Fsp3) is 0.0909. The maximum Gasteiger partial charge on any atom is 0.259 e. The molecule has 5 aromatic rings. The zero-order chi connectivity index (χ0) is 21.9. The van der Waals surface area contributed by atoms with Gasteiger partial charge in [-0.25, -0.2) is 0 Å². The Morgan fingerprint density at radius 3 is 2.72 bits per heavy atom. The summed E-state index contributed by atoms with van der Waals surface area (Å²) in [6.45, 7) is 0. The molecule has 160 valence electrons. The molecule has 0 aliphatic heterocycles. The molecule has 0 radical (unpaired) electrons. The van der Waals surface area contributed by atoms with E-state index in [0.717, 1.165) is 22.1 Å². The average Bonchev–Trinajstić information content (AvgIpc) is 3.58. The Labute approximate surface area is 197 Å². The summed E-state index contributed by atoms with van der Waals surface area (Å²) in [5.41, 5.74) is 1.56. The molecule has 0 unspecified atom stereocenters. The Morgan fingerprint density at radius 1 is 1.06 bits per heavy atom. The monoisotopic (exact) mass is 481 g/mol. The fourth-order valence-corrected chi connectivity index (χ4v) is 4.85. The van der Waals surface area contributed by atoms with Crippen molar-refractivity contribution in [2.45, 2.75) is 10.9 Å². The van der Waals surface area contributed by atoms with Crippen LogP contribution in [-0.4, -0.2) is 32.0 Å². The molecule has 0 fully saturated rings. The second-order valence-electron chi connectivity index (χ2n) is 6.58. The predicted octanol–water partition coefficient (Wildman–Crippen LogP) is 6.00. The number of nitrogens with zero attached hydrogens (tertiary/aromatic N) is 5. The molecule has 0 saturated heterocycles. The number of hydrogen-bond acceptors (Lipinski definition) is 8. The maximum atomic E-state index is 6.24. The number of aromatic nitrogens is 5. The van der Waals surface area contributed by atoms with Crippen molar-refractivity contribution in [3.63, 3.8) is 0 Å². The largest absolute Gasteiger partial charge is 0.495 e. The summed E-state index contributed by atoms with van der Waals surface area (Å²) in [4.78, 5) is 5.50. The number of rotatable bonds is 7. The van der Waals surface area contributed by atoms with E-state index in [0.29, 0.717) is 33.2 Å². The number of benzene rings is 2. The predicted molar refractivity (Wildman–Crippen MR) is 126 cm³/mol. The average molecular weight is 482 g/mol. The van der Waals surface area contributed by atoms with E-state index in [1.165, 1.54) is 11.8 Å². The van der Waals surface area contributed by atoms with Crippen molar-refractivity contribution in [3.8, 4) is 33.6 Å². The zero-order valence-corrected chi connectivity index (χ0v) is 19.2. The van der Waals surface area contributed by atoms with Crippen LogP contribution in [0.15, 0.2) is 75.7 Å². The smallest absolute Gasteiger partial charge is 0.259 e. The highest BCUT2D eigenvalue weighted by molar-refractivity contribution is 7.98. The van der Waals surface area contributed by atoms with Crippen LogP contribution in [0.2, 0.25) is 5.02 Å². The highest BCUT2D eigenvalue weighted by Gasteiger charge is 2.20. The topological polar surface area (TPSA) is 78.9 Å². The third-order valence-electron chi connectivity index (χ3n) is 4.60. The molecule has 7 nitrogen and oxygen atoms in total. The van der Waals surface area contributed by atoms with Gasteiger partial charge in [0.15, 0.2) is 16.8 Å². The molecule has 0 aliphatic rings. The molecule has 3 heterocycles. The van der Waals surface area contributed by atoms with E-state index in [1.807, 2.05) is 64.5 Å². The summed E-state index contributed by atoms with van der Waals surface area (Å²) < 4.78 is 13.0. The molecule has 32 heavy (non-hydrogen) atoms. The molecule has 0 aliphatic carbocycles. The van der Waals surface area contributed by atoms with Crippen LogP contribution in [-0.2, 0) is 5.75 Å². The molecule has 2 aromatic carbocycles. The summed E-state index contributed by atoms with van der Waals surface area (Å²) in [5.74, 6) is 2.85. The summed E-state index contributed by atoms with van der Waals surface area (Å²) in [6, 6.07) is 19.2. The van der Waals surface area contributed by atoms with Crippen LogP contribution in [0.4, 0.5) is 0 Å². The van der Waals surface area contributed by atoms with E-state index in [4.69, 9.17) is 20.9 Å². The number of ether oxygens (including phenoxy) is 1. The summed E-state index contributed by atoms with van der Waals surface area (Å²) in [7, 11) is 1.65. The molecule has 5 rings (SSSR count). The number of halogens is 1. The molecule has 0 bridgehead atoms. The molecule has 0 atom stereocenters. The van der Waals surface area contributed by atoms with E-state index >= 15 is 0 Å². The van der Waals surface area contributed by atoms with E-state index in [2.05, 4.69) is 20.3 Å². The zero-order valence-electron chi connectivity index (χ0n) is 16.8. The first-order valence-corrected chi connectivity index (χ1v) is 11.8. The Bertz CT molecular complexity index is 1350. The number of methoxy groups -OCH3 is 1. The first-order valence-electron chi connectivity index (χ1n) is 9.57. The first kappa shape index (κ1) is 20.7. The Kier molecular flexibility index (Phi) is 5.93. The molecular formula is C22H16ClN5O2S2. The molecule has 3 aromatic heterocycles. The Morgan fingerprint density at radius 2 is 1.91 bits per heavy atom. The normalized spacial score (nSPS) is 11.1. The SMILES string of the molecule is COc1ccccc1-n1c(SCc2noc(-c3ccccc3Cl)n2)nnc1-c1cccs1. The molecular weight excluding hydrogens is 466 g/mol. The molecule has 0 amide bonds. The van der Waals surface area contributed by atoms with Gasteiger partial charge in [-0.1, -0.05) is 58.9 Å². The highest BCUT2D eigenvalue weighted by Crippen LogP contribution is 2.35. The van der Waals surface area contributed by atoms with Gasteiger partial charge in [0.1, 0.15) is 5.75 Å². The van der Waals surface area contributed by atoms with Gasteiger partial charge in [-0.2, -0.15) is 4.98 Å². The Balaban J connectivity index is 1.47. The van der Waals surface area contributed by atoms with Crippen molar-refractivity contribution in [2.75, 3.05) is 7.11 Å². The van der Waals surface area contributed by atoms with Gasteiger partial charge in [0.25, 0.3) is 5.89 Å². The summed E-state index contributed by atoms with van der Waals surface area (Å²) in [6.07, 6.45) is 0. The van der Waals surface area contributed by atoms with Crippen molar-refractivity contribution in [3.05, 3.63) is 76.9 Å². The second-order valence-corrected chi connectivity index (χ2v) is 8.87. The standard InChI is InChI=1S/C22H16ClN5O2S2/c1-29-17-10-5-4-9-16(17)28-20(18-11-6-12-31-18)25-26-22(28)32-13-19-24-21(30-27-19)14-7-2-3-8-15(14)23/h2-12H,13H2,1H3. The van der Waals surface area contributed by atoms with Gasteiger partial charge in [-0.3, -0.25) is 4.57 Å². The van der Waals surface area contributed by atoms with Gasteiger partial charge in [0.2, 0.25) is 0 Å². The Hall–Kier alpha value is -3.14. The molecule has 10 heteroatoms. The number of hydrogen-bond donors (Lipinski definition) is 0. The van der Waals surface area contributed by atoms with Crippen LogP contribution in [0.3, 0.4) is 0 Å². The lowest BCUT2D eigenvalue weighted by atomic mass is 10.2. The van der Waals surface area contributed by atoms with Crippen molar-refractivity contribution < 1.29 is 9.26 Å². The minimum Gasteiger partial charge on any atom is -0.495 e. The summed E-state index contributed by atoms with van der Waals surface area (Å²) >= 11 is 9.31. The summed E-state index contributed by atoms with van der Waals surface area (Å²) in [5, 5.41) is 16.3. The van der Waals surface area contributed by atoms with Crippen LogP contribution < -0.4 is 4.74 Å². The quantitative estimate of drug-likeness (QED) is 0.264. The van der Waals surface area contributed by atoms with Gasteiger partial charge < -0.3 is 9.26 Å². The maximum absolute atomic E-state index is 6.24.